The number of para-hydroxylation sites is 1. The summed E-state index contributed by atoms with van der Waals surface area (Å²) < 4.78 is 0. The molecule has 0 radical (unpaired) electrons. The van der Waals surface area contributed by atoms with E-state index in [-0.39, 0.29) is 28.6 Å². The van der Waals surface area contributed by atoms with Crippen LogP contribution in [0.2, 0.25) is 0 Å². The van der Waals surface area contributed by atoms with Gasteiger partial charge < -0.3 is 10.2 Å². The third-order valence-electron chi connectivity index (χ3n) is 2.30. The first-order chi connectivity index (χ1) is 9.08. The summed E-state index contributed by atoms with van der Waals surface area (Å²) in [6, 6.07) is 9.75. The van der Waals surface area contributed by atoms with Gasteiger partial charge in [-0.3, -0.25) is 10.1 Å². The molecule has 2 N–H and O–H groups in total. The second kappa shape index (κ2) is 5.13. The van der Waals surface area contributed by atoms with Gasteiger partial charge in [0, 0.05) is 0 Å². The molecular weight excluding hydrogens is 250 g/mol. The number of nitro benzene ring substituents is 1. The van der Waals surface area contributed by atoms with Crippen LogP contribution in [0.1, 0.15) is 0 Å². The summed E-state index contributed by atoms with van der Waals surface area (Å²) in [4.78, 5) is 10.1. The van der Waals surface area contributed by atoms with Gasteiger partial charge in [0.05, 0.1) is 11.0 Å². The van der Waals surface area contributed by atoms with Crippen molar-refractivity contribution in [3.05, 3.63) is 52.6 Å². The molecule has 19 heavy (non-hydrogen) atoms. The highest BCUT2D eigenvalue weighted by Gasteiger charge is 2.14. The molecule has 0 aliphatic carbocycles. The fraction of sp³-hybridized carbons (Fsp3) is 0. The van der Waals surface area contributed by atoms with Crippen molar-refractivity contribution in [3.8, 4) is 11.5 Å². The number of nitrogens with zero attached hydrogens (tertiary/aromatic N) is 3. The van der Waals surface area contributed by atoms with E-state index < -0.39 is 4.92 Å². The van der Waals surface area contributed by atoms with Gasteiger partial charge >= 0.3 is 0 Å². The predicted octanol–water partition coefficient (Wildman–Crippen LogP) is 3.42. The lowest BCUT2D eigenvalue weighted by atomic mass is 10.2. The second-order valence-corrected chi connectivity index (χ2v) is 3.62. The molecule has 96 valence electrons. The monoisotopic (exact) mass is 259 g/mol. The Morgan fingerprint density at radius 1 is 1.00 bits per heavy atom. The molecule has 0 aliphatic heterocycles. The number of phenols is 2. The van der Waals surface area contributed by atoms with Crippen molar-refractivity contribution in [1.82, 2.24) is 0 Å². The van der Waals surface area contributed by atoms with Gasteiger partial charge in [0.25, 0.3) is 5.69 Å². The number of aromatic hydroxyl groups is 2. The van der Waals surface area contributed by atoms with E-state index in [0.29, 0.717) is 0 Å². The average Bonchev–Trinajstić information content (AvgIpc) is 2.38. The van der Waals surface area contributed by atoms with Crippen LogP contribution in [0.5, 0.6) is 11.5 Å². The van der Waals surface area contributed by atoms with Crippen LogP contribution in [-0.4, -0.2) is 15.1 Å². The standard InChI is InChI=1S/C12H9N3O4/c16-8-5-6-9(11(7-8)15(18)19)13-14-10-3-1-2-4-12(10)17/h1-7,16-17H/b14-13+. The maximum Gasteiger partial charge on any atom is 0.300 e. The van der Waals surface area contributed by atoms with E-state index in [1.807, 2.05) is 0 Å². The van der Waals surface area contributed by atoms with E-state index in [2.05, 4.69) is 10.2 Å². The van der Waals surface area contributed by atoms with Crippen LogP contribution in [0.4, 0.5) is 17.1 Å². The highest BCUT2D eigenvalue weighted by Crippen LogP contribution is 2.33. The van der Waals surface area contributed by atoms with E-state index in [1.165, 1.54) is 24.3 Å². The Hall–Kier alpha value is -2.96. The van der Waals surface area contributed by atoms with Crippen LogP contribution in [0, 0.1) is 10.1 Å². The molecule has 7 nitrogen and oxygen atoms in total. The van der Waals surface area contributed by atoms with Crippen molar-refractivity contribution in [2.75, 3.05) is 0 Å². The summed E-state index contributed by atoms with van der Waals surface area (Å²) in [6.45, 7) is 0. The minimum atomic E-state index is -0.668. The highest BCUT2D eigenvalue weighted by molar-refractivity contribution is 5.60. The first kappa shape index (κ1) is 12.5. The van der Waals surface area contributed by atoms with Crippen LogP contribution in [0.25, 0.3) is 0 Å². The molecule has 2 rings (SSSR count). The number of phenolic OH excluding ortho intramolecular Hbond substituents is 2. The lowest BCUT2D eigenvalue weighted by molar-refractivity contribution is -0.384. The fourth-order valence-electron chi connectivity index (χ4n) is 1.40. The van der Waals surface area contributed by atoms with Gasteiger partial charge in [-0.15, -0.1) is 10.2 Å². The summed E-state index contributed by atoms with van der Waals surface area (Å²) in [7, 11) is 0. The summed E-state index contributed by atoms with van der Waals surface area (Å²) >= 11 is 0. The number of hydrogen-bond acceptors (Lipinski definition) is 6. The van der Waals surface area contributed by atoms with Crippen molar-refractivity contribution >= 4 is 17.1 Å². The van der Waals surface area contributed by atoms with Crippen molar-refractivity contribution in [2.24, 2.45) is 10.2 Å². The molecule has 0 amide bonds. The van der Waals surface area contributed by atoms with Crippen LogP contribution in [-0.2, 0) is 0 Å². The number of benzene rings is 2. The molecule has 0 saturated carbocycles. The Kier molecular flexibility index (Phi) is 3.37. The molecule has 0 atom stereocenters. The Morgan fingerprint density at radius 2 is 1.68 bits per heavy atom. The minimum absolute atomic E-state index is 0.00828. The summed E-state index contributed by atoms with van der Waals surface area (Å²) in [6.07, 6.45) is 0. The van der Waals surface area contributed by atoms with Crippen LogP contribution >= 0.6 is 0 Å². The first-order valence-corrected chi connectivity index (χ1v) is 5.25. The summed E-state index contributed by atoms with van der Waals surface area (Å²) in [5.74, 6) is -0.305. The van der Waals surface area contributed by atoms with Gasteiger partial charge in [0.15, 0.2) is 5.69 Å². The zero-order valence-corrected chi connectivity index (χ0v) is 9.59. The van der Waals surface area contributed by atoms with Crippen molar-refractivity contribution in [2.45, 2.75) is 0 Å². The first-order valence-electron chi connectivity index (χ1n) is 5.25. The maximum absolute atomic E-state index is 10.8. The molecule has 0 aromatic heterocycles. The van der Waals surface area contributed by atoms with E-state index in [9.17, 15) is 20.3 Å². The molecule has 0 heterocycles. The third-order valence-corrected chi connectivity index (χ3v) is 2.30. The smallest absolute Gasteiger partial charge is 0.300 e. The zero-order chi connectivity index (χ0) is 13.8. The molecular formula is C12H9N3O4. The van der Waals surface area contributed by atoms with E-state index >= 15 is 0 Å². The topological polar surface area (TPSA) is 108 Å². The quantitative estimate of drug-likeness (QED) is 0.500. The summed E-state index contributed by atoms with van der Waals surface area (Å²) in [5, 5.41) is 36.9. The highest BCUT2D eigenvalue weighted by atomic mass is 16.6. The van der Waals surface area contributed by atoms with Gasteiger partial charge in [0.1, 0.15) is 17.2 Å². The van der Waals surface area contributed by atoms with Crippen molar-refractivity contribution in [3.63, 3.8) is 0 Å². The molecule has 2 aromatic rings. The van der Waals surface area contributed by atoms with E-state index in [1.54, 1.807) is 12.1 Å². The normalized spacial score (nSPS) is 10.7. The molecule has 7 heteroatoms. The molecule has 0 bridgehead atoms. The van der Waals surface area contributed by atoms with Crippen LogP contribution in [0.15, 0.2) is 52.7 Å². The van der Waals surface area contributed by atoms with Gasteiger partial charge in [-0.2, -0.15) is 0 Å². The largest absolute Gasteiger partial charge is 0.508 e. The molecule has 0 fully saturated rings. The molecule has 2 aromatic carbocycles. The third kappa shape index (κ3) is 2.83. The Balaban J connectivity index is 2.39. The second-order valence-electron chi connectivity index (χ2n) is 3.62. The van der Waals surface area contributed by atoms with Crippen LogP contribution < -0.4 is 0 Å². The SMILES string of the molecule is O=[N+]([O-])c1cc(O)ccc1/N=N/c1ccccc1O. The van der Waals surface area contributed by atoms with Crippen molar-refractivity contribution in [1.29, 1.82) is 0 Å². The Bertz CT molecular complexity index is 655. The number of hydrogen-bond donors (Lipinski definition) is 2. The van der Waals surface area contributed by atoms with Crippen LogP contribution in [0.3, 0.4) is 0 Å². The van der Waals surface area contributed by atoms with Crippen molar-refractivity contribution < 1.29 is 15.1 Å². The van der Waals surface area contributed by atoms with E-state index in [4.69, 9.17) is 0 Å². The minimum Gasteiger partial charge on any atom is -0.508 e. The lowest BCUT2D eigenvalue weighted by Gasteiger charge is -1.98. The maximum atomic E-state index is 10.8. The lowest BCUT2D eigenvalue weighted by Crippen LogP contribution is -1.87. The average molecular weight is 259 g/mol. The van der Waals surface area contributed by atoms with Gasteiger partial charge in [-0.25, -0.2) is 0 Å². The Morgan fingerprint density at radius 3 is 2.37 bits per heavy atom. The van der Waals surface area contributed by atoms with Gasteiger partial charge in [-0.1, -0.05) is 12.1 Å². The molecule has 0 unspecified atom stereocenters. The van der Waals surface area contributed by atoms with E-state index in [0.717, 1.165) is 6.07 Å². The summed E-state index contributed by atoms with van der Waals surface area (Å²) in [5.41, 5.74) is -0.171. The fourth-order valence-corrected chi connectivity index (χ4v) is 1.40. The molecule has 0 spiro atoms. The number of nitro groups is 1. The van der Waals surface area contributed by atoms with Gasteiger partial charge in [-0.05, 0) is 24.3 Å². The number of rotatable bonds is 3. The Labute approximate surface area is 107 Å². The van der Waals surface area contributed by atoms with Gasteiger partial charge in [0.2, 0.25) is 0 Å². The predicted molar refractivity (Wildman–Crippen MR) is 67.0 cm³/mol. The molecule has 0 aliphatic rings. The number of azo groups is 1. The molecule has 0 saturated heterocycles. The zero-order valence-electron chi connectivity index (χ0n) is 9.59.